The minimum atomic E-state index is -1.06. The third-order valence-electron chi connectivity index (χ3n) is 2.44. The molecule has 18 heavy (non-hydrogen) atoms. The highest BCUT2D eigenvalue weighted by molar-refractivity contribution is 6.32. The van der Waals surface area contributed by atoms with Gasteiger partial charge in [0.15, 0.2) is 10.8 Å². The lowest BCUT2D eigenvalue weighted by atomic mass is 10.2. The number of aliphatic hydroxyl groups excluding tert-OH is 2. The van der Waals surface area contributed by atoms with Crippen molar-refractivity contribution in [3.63, 3.8) is 0 Å². The molecule has 5 nitrogen and oxygen atoms in total. The van der Waals surface area contributed by atoms with Gasteiger partial charge in [0.05, 0.1) is 19.3 Å². The molecule has 96 valence electrons. The second-order valence-electron chi connectivity index (χ2n) is 3.80. The highest BCUT2D eigenvalue weighted by atomic mass is 35.5. The van der Waals surface area contributed by atoms with E-state index in [1.165, 1.54) is 0 Å². The molecule has 0 fully saturated rings. The lowest BCUT2D eigenvalue weighted by Gasteiger charge is -2.05. The average molecular weight is 270 g/mol. The molecule has 0 aliphatic rings. The molecule has 1 aromatic carbocycles. The Morgan fingerprint density at radius 2 is 2.00 bits per heavy atom. The van der Waals surface area contributed by atoms with Crippen LogP contribution in [0.5, 0.6) is 0 Å². The van der Waals surface area contributed by atoms with Crippen molar-refractivity contribution >= 4 is 11.6 Å². The second kappa shape index (κ2) is 5.39. The fourth-order valence-electron chi connectivity index (χ4n) is 1.54. The molecule has 0 aliphatic heterocycles. The van der Waals surface area contributed by atoms with Gasteiger partial charge in [-0.2, -0.15) is 4.74 Å². The lowest BCUT2D eigenvalue weighted by molar-refractivity contribution is 0.0578. The molecule has 0 spiro atoms. The largest absolute Gasteiger partial charge is 0.394 e. The van der Waals surface area contributed by atoms with Crippen molar-refractivity contribution in [2.45, 2.75) is 12.6 Å². The molecular formula is C12H12ClNO4. The van der Waals surface area contributed by atoms with Crippen LogP contribution in [-0.2, 0) is 6.54 Å². The molecule has 2 N–H and O–H groups in total. The van der Waals surface area contributed by atoms with Crippen LogP contribution in [-0.4, -0.2) is 27.7 Å². The van der Waals surface area contributed by atoms with E-state index in [-0.39, 0.29) is 17.3 Å². The molecule has 1 aromatic heterocycles. The summed E-state index contributed by atoms with van der Waals surface area (Å²) >= 11 is 5.90. The van der Waals surface area contributed by atoms with E-state index in [1.807, 2.05) is 6.07 Å². The Hall–Kier alpha value is -1.56. The third kappa shape index (κ3) is 2.48. The van der Waals surface area contributed by atoms with E-state index in [1.54, 1.807) is 24.3 Å². The smallest absolute Gasteiger partial charge is 0.302 e. The van der Waals surface area contributed by atoms with Gasteiger partial charge < -0.3 is 14.7 Å². The normalized spacial score (nSPS) is 12.6. The molecule has 2 rings (SSSR count). The Balaban J connectivity index is 2.40. The molecule has 0 bridgehead atoms. The first-order valence-corrected chi connectivity index (χ1v) is 5.75. The molecule has 1 atom stereocenters. The summed E-state index contributed by atoms with van der Waals surface area (Å²) in [7, 11) is 0. The van der Waals surface area contributed by atoms with Crippen molar-refractivity contribution in [1.29, 1.82) is 0 Å². The zero-order chi connectivity index (χ0) is 13.1. The number of halogens is 1. The van der Waals surface area contributed by atoms with Gasteiger partial charge in [-0.25, -0.2) is 0 Å². The highest BCUT2D eigenvalue weighted by Gasteiger charge is 2.18. The number of benzene rings is 1. The third-order valence-corrected chi connectivity index (χ3v) is 2.77. The maximum absolute atomic E-state index is 11.8. The van der Waals surface area contributed by atoms with Crippen LogP contribution in [0.25, 0.3) is 11.3 Å². The Bertz CT molecular complexity index is 576. The Morgan fingerprint density at radius 3 is 2.61 bits per heavy atom. The number of hydrogen-bond acceptors (Lipinski definition) is 4. The number of hydrogen-bond donors (Lipinski definition) is 2. The van der Waals surface area contributed by atoms with E-state index in [0.29, 0.717) is 5.56 Å². The zero-order valence-corrected chi connectivity index (χ0v) is 10.2. The molecule has 0 aliphatic carbocycles. The summed E-state index contributed by atoms with van der Waals surface area (Å²) in [5, 5.41) is 18.0. The van der Waals surface area contributed by atoms with Crippen LogP contribution in [0.3, 0.4) is 0 Å². The molecule has 6 heteroatoms. The first-order valence-electron chi connectivity index (χ1n) is 5.37. The molecule has 1 unspecified atom stereocenters. The standard InChI is InChI=1S/C12H12ClNO4/c13-10-11(8-4-2-1-3-5-8)18-14(12(10)17)6-9(16)7-15/h1-5,9,15-16H,6-7H2. The number of nitrogens with zero attached hydrogens (tertiary/aromatic N) is 1. The lowest BCUT2D eigenvalue weighted by Crippen LogP contribution is -2.25. The first kappa shape index (κ1) is 12.9. The Morgan fingerprint density at radius 1 is 1.33 bits per heavy atom. The molecule has 2 aromatic rings. The summed E-state index contributed by atoms with van der Waals surface area (Å²) in [6.07, 6.45) is -1.06. The fourth-order valence-corrected chi connectivity index (χ4v) is 1.77. The van der Waals surface area contributed by atoms with Crippen LogP contribution in [0, 0.1) is 0 Å². The summed E-state index contributed by atoms with van der Waals surface area (Å²) < 4.78 is 6.24. The van der Waals surface area contributed by atoms with E-state index in [0.717, 1.165) is 4.74 Å². The van der Waals surface area contributed by atoms with E-state index < -0.39 is 18.3 Å². The molecule has 1 heterocycles. The van der Waals surface area contributed by atoms with Crippen LogP contribution in [0.2, 0.25) is 5.02 Å². The quantitative estimate of drug-likeness (QED) is 0.872. The average Bonchev–Trinajstić information content (AvgIpc) is 2.68. The van der Waals surface area contributed by atoms with E-state index in [2.05, 4.69) is 0 Å². The minimum Gasteiger partial charge on any atom is -0.394 e. The second-order valence-corrected chi connectivity index (χ2v) is 4.18. The Labute approximate surface area is 108 Å². The van der Waals surface area contributed by atoms with Gasteiger partial charge in [-0.05, 0) is 0 Å². The SMILES string of the molecule is O=c1c(Cl)c(-c2ccccc2)on1CC(O)CO. The van der Waals surface area contributed by atoms with Gasteiger partial charge in [0.1, 0.15) is 0 Å². The van der Waals surface area contributed by atoms with E-state index >= 15 is 0 Å². The predicted molar refractivity (Wildman–Crippen MR) is 66.5 cm³/mol. The van der Waals surface area contributed by atoms with Crippen molar-refractivity contribution in [1.82, 2.24) is 4.74 Å². The molecule has 0 amide bonds. The van der Waals surface area contributed by atoms with Crippen LogP contribution >= 0.6 is 11.6 Å². The van der Waals surface area contributed by atoms with E-state index in [9.17, 15) is 9.90 Å². The summed E-state index contributed by atoms with van der Waals surface area (Å²) in [6.45, 7) is -0.590. The van der Waals surface area contributed by atoms with Gasteiger partial charge in [-0.3, -0.25) is 4.79 Å². The summed E-state index contributed by atoms with van der Waals surface area (Å²) in [5.74, 6) is 0.257. The van der Waals surface area contributed by atoms with Crippen LogP contribution in [0.4, 0.5) is 0 Å². The highest BCUT2D eigenvalue weighted by Crippen LogP contribution is 2.25. The van der Waals surface area contributed by atoms with Crippen LogP contribution < -0.4 is 5.56 Å². The molecule has 0 saturated carbocycles. The Kier molecular flexibility index (Phi) is 3.86. The van der Waals surface area contributed by atoms with Gasteiger partial charge in [-0.1, -0.05) is 41.9 Å². The van der Waals surface area contributed by atoms with Gasteiger partial charge >= 0.3 is 5.56 Å². The van der Waals surface area contributed by atoms with Gasteiger partial charge in [0, 0.05) is 5.56 Å². The summed E-state index contributed by atoms with van der Waals surface area (Å²) in [6, 6.07) is 8.95. The maximum atomic E-state index is 11.8. The zero-order valence-electron chi connectivity index (χ0n) is 9.41. The maximum Gasteiger partial charge on any atom is 0.302 e. The van der Waals surface area contributed by atoms with Crippen molar-refractivity contribution < 1.29 is 14.7 Å². The monoisotopic (exact) mass is 269 g/mol. The van der Waals surface area contributed by atoms with Gasteiger partial charge in [-0.15, -0.1) is 0 Å². The number of aromatic nitrogens is 1. The van der Waals surface area contributed by atoms with Crippen molar-refractivity contribution in [2.24, 2.45) is 0 Å². The molecule has 0 saturated heterocycles. The molecular weight excluding hydrogens is 258 g/mol. The molecule has 0 radical (unpaired) electrons. The predicted octanol–water partition coefficient (Wildman–Crippen LogP) is 1.11. The minimum absolute atomic E-state index is 0.0358. The topological polar surface area (TPSA) is 75.6 Å². The first-order chi connectivity index (χ1) is 8.63. The number of rotatable bonds is 4. The van der Waals surface area contributed by atoms with Gasteiger partial charge in [0.2, 0.25) is 0 Å². The van der Waals surface area contributed by atoms with Crippen LogP contribution in [0.1, 0.15) is 0 Å². The summed E-state index contributed by atoms with van der Waals surface area (Å²) in [5.41, 5.74) is 0.153. The fraction of sp³-hybridized carbons (Fsp3) is 0.250. The van der Waals surface area contributed by atoms with Crippen molar-refractivity contribution in [3.8, 4) is 11.3 Å². The van der Waals surface area contributed by atoms with E-state index in [4.69, 9.17) is 21.2 Å². The van der Waals surface area contributed by atoms with Gasteiger partial charge in [0.25, 0.3) is 0 Å². The summed E-state index contributed by atoms with van der Waals surface area (Å²) in [4.78, 5) is 11.8. The van der Waals surface area contributed by atoms with Crippen LogP contribution in [0.15, 0.2) is 39.6 Å². The van der Waals surface area contributed by atoms with Crippen molar-refractivity contribution in [2.75, 3.05) is 6.61 Å². The number of aliphatic hydroxyl groups is 2. The van der Waals surface area contributed by atoms with Crippen molar-refractivity contribution in [3.05, 3.63) is 45.7 Å².